The molecule has 1 nitrogen and oxygen atoms in total. The maximum atomic E-state index is 13.3. The predicted octanol–water partition coefficient (Wildman–Crippen LogP) is 6.43. The molecular weight excluding hydrogens is 394 g/mol. The molecule has 1 N–H and O–H groups in total. The van der Waals surface area contributed by atoms with Crippen LogP contribution in [0.1, 0.15) is 11.1 Å². The SMILES string of the molecule is Fc1ccc(CNc2sc3ccccc3c2Br)cc1C(F)(F)F. The van der Waals surface area contributed by atoms with Gasteiger partial charge in [-0.05, 0) is 39.7 Å². The zero-order valence-electron chi connectivity index (χ0n) is 11.5. The lowest BCUT2D eigenvalue weighted by Gasteiger charge is -2.11. The zero-order valence-corrected chi connectivity index (χ0v) is 13.9. The van der Waals surface area contributed by atoms with Crippen molar-refractivity contribution < 1.29 is 17.6 Å². The van der Waals surface area contributed by atoms with E-state index in [0.717, 1.165) is 31.7 Å². The molecule has 7 heteroatoms. The lowest BCUT2D eigenvalue weighted by Crippen LogP contribution is -2.09. The van der Waals surface area contributed by atoms with Gasteiger partial charge in [0.1, 0.15) is 10.8 Å². The van der Waals surface area contributed by atoms with E-state index in [-0.39, 0.29) is 6.54 Å². The highest BCUT2D eigenvalue weighted by atomic mass is 79.9. The van der Waals surface area contributed by atoms with Crippen molar-refractivity contribution in [2.24, 2.45) is 0 Å². The Bertz CT molecular complexity index is 857. The molecule has 0 spiro atoms. The summed E-state index contributed by atoms with van der Waals surface area (Å²) in [6.45, 7) is 0.175. The van der Waals surface area contributed by atoms with Gasteiger partial charge in [-0.3, -0.25) is 0 Å². The van der Waals surface area contributed by atoms with Crippen molar-refractivity contribution in [3.05, 3.63) is 63.9 Å². The number of anilines is 1. The number of nitrogens with one attached hydrogen (secondary N) is 1. The smallest absolute Gasteiger partial charge is 0.372 e. The Morgan fingerprint density at radius 3 is 2.52 bits per heavy atom. The first-order valence-electron chi connectivity index (χ1n) is 6.63. The Labute approximate surface area is 142 Å². The average molecular weight is 404 g/mol. The van der Waals surface area contributed by atoms with Crippen LogP contribution < -0.4 is 5.32 Å². The molecule has 0 saturated heterocycles. The highest BCUT2D eigenvalue weighted by Gasteiger charge is 2.34. The molecule has 0 saturated carbocycles. The summed E-state index contributed by atoms with van der Waals surface area (Å²) in [7, 11) is 0. The van der Waals surface area contributed by atoms with Crippen LogP contribution >= 0.6 is 27.3 Å². The van der Waals surface area contributed by atoms with Crippen molar-refractivity contribution in [3.63, 3.8) is 0 Å². The van der Waals surface area contributed by atoms with E-state index in [9.17, 15) is 17.6 Å². The third kappa shape index (κ3) is 3.35. The van der Waals surface area contributed by atoms with E-state index in [0.29, 0.717) is 5.56 Å². The largest absolute Gasteiger partial charge is 0.419 e. The molecule has 1 aromatic heterocycles. The van der Waals surface area contributed by atoms with E-state index in [1.165, 1.54) is 17.4 Å². The minimum atomic E-state index is -4.70. The summed E-state index contributed by atoms with van der Waals surface area (Å²) in [5.74, 6) is -1.26. The molecule has 2 aromatic carbocycles. The van der Waals surface area contributed by atoms with Crippen molar-refractivity contribution in [2.45, 2.75) is 12.7 Å². The minimum Gasteiger partial charge on any atom is -0.372 e. The highest BCUT2D eigenvalue weighted by Crippen LogP contribution is 2.40. The Hall–Kier alpha value is -1.60. The Balaban J connectivity index is 1.84. The first-order valence-corrected chi connectivity index (χ1v) is 8.24. The number of halogens is 5. The number of benzene rings is 2. The van der Waals surface area contributed by atoms with Crippen LogP contribution in [0, 0.1) is 5.82 Å². The van der Waals surface area contributed by atoms with Crippen LogP contribution in [0.5, 0.6) is 0 Å². The number of alkyl halides is 3. The van der Waals surface area contributed by atoms with Gasteiger partial charge in [0, 0.05) is 16.6 Å². The summed E-state index contributed by atoms with van der Waals surface area (Å²) < 4.78 is 53.4. The second kappa shape index (κ2) is 6.13. The van der Waals surface area contributed by atoms with Gasteiger partial charge in [0.15, 0.2) is 0 Å². The van der Waals surface area contributed by atoms with Crippen molar-refractivity contribution in [2.75, 3.05) is 5.32 Å². The van der Waals surface area contributed by atoms with E-state index in [2.05, 4.69) is 21.2 Å². The second-order valence-electron chi connectivity index (χ2n) is 4.91. The van der Waals surface area contributed by atoms with E-state index in [1.807, 2.05) is 24.3 Å². The molecule has 0 radical (unpaired) electrons. The predicted molar refractivity (Wildman–Crippen MR) is 88.3 cm³/mol. The van der Waals surface area contributed by atoms with E-state index >= 15 is 0 Å². The van der Waals surface area contributed by atoms with Crippen LogP contribution in [0.25, 0.3) is 10.1 Å². The molecule has 0 atom stereocenters. The molecule has 3 rings (SSSR count). The lowest BCUT2D eigenvalue weighted by molar-refractivity contribution is -0.140. The molecule has 23 heavy (non-hydrogen) atoms. The molecule has 0 bridgehead atoms. The summed E-state index contributed by atoms with van der Waals surface area (Å²) in [6.07, 6.45) is -4.70. The van der Waals surface area contributed by atoms with Crippen LogP contribution in [-0.2, 0) is 12.7 Å². The van der Waals surface area contributed by atoms with Crippen LogP contribution in [0.15, 0.2) is 46.9 Å². The fourth-order valence-corrected chi connectivity index (χ4v) is 4.06. The van der Waals surface area contributed by atoms with Crippen molar-refractivity contribution >= 4 is 42.4 Å². The van der Waals surface area contributed by atoms with Gasteiger partial charge in [-0.2, -0.15) is 13.2 Å². The third-order valence-electron chi connectivity index (χ3n) is 3.32. The molecule has 120 valence electrons. The van der Waals surface area contributed by atoms with Crippen molar-refractivity contribution in [1.29, 1.82) is 0 Å². The maximum Gasteiger partial charge on any atom is 0.419 e. The molecule has 0 unspecified atom stereocenters. The average Bonchev–Trinajstić information content (AvgIpc) is 2.82. The van der Waals surface area contributed by atoms with E-state index in [1.54, 1.807) is 0 Å². The van der Waals surface area contributed by atoms with E-state index < -0.39 is 17.6 Å². The zero-order chi connectivity index (χ0) is 16.6. The van der Waals surface area contributed by atoms with E-state index in [4.69, 9.17) is 0 Å². The van der Waals surface area contributed by atoms with Crippen molar-refractivity contribution in [1.82, 2.24) is 0 Å². The number of hydrogen-bond acceptors (Lipinski definition) is 2. The third-order valence-corrected chi connectivity index (χ3v) is 5.54. The number of hydrogen-bond donors (Lipinski definition) is 1. The van der Waals surface area contributed by atoms with Crippen LogP contribution in [0.2, 0.25) is 0 Å². The monoisotopic (exact) mass is 403 g/mol. The first-order chi connectivity index (χ1) is 10.9. The molecule has 0 aliphatic carbocycles. The fraction of sp³-hybridized carbons (Fsp3) is 0.125. The number of fused-ring (bicyclic) bond motifs is 1. The normalized spacial score (nSPS) is 11.9. The number of thiophene rings is 1. The fourth-order valence-electron chi connectivity index (χ4n) is 2.21. The molecular formula is C16H10BrF4NS. The van der Waals surface area contributed by atoms with Crippen LogP contribution in [0.3, 0.4) is 0 Å². The number of rotatable bonds is 3. The van der Waals surface area contributed by atoms with Gasteiger partial charge in [-0.1, -0.05) is 24.3 Å². The molecule has 3 aromatic rings. The summed E-state index contributed by atoms with van der Waals surface area (Å²) in [6, 6.07) is 10.8. The Morgan fingerprint density at radius 2 is 1.83 bits per heavy atom. The van der Waals surface area contributed by atoms with Gasteiger partial charge in [-0.25, -0.2) is 4.39 Å². The molecule has 1 heterocycles. The van der Waals surface area contributed by atoms with Gasteiger partial charge < -0.3 is 5.32 Å². The second-order valence-corrected chi connectivity index (χ2v) is 6.75. The molecule has 0 amide bonds. The van der Waals surface area contributed by atoms with Gasteiger partial charge in [0.05, 0.1) is 10.0 Å². The molecule has 0 aliphatic heterocycles. The standard InChI is InChI=1S/C16H10BrF4NS/c17-14-10-3-1-2-4-13(10)23-15(14)22-8-9-5-6-12(18)11(7-9)16(19,20)21/h1-7,22H,8H2. The van der Waals surface area contributed by atoms with Crippen LogP contribution in [-0.4, -0.2) is 0 Å². The molecule has 0 aliphatic rings. The molecule has 0 fully saturated rings. The van der Waals surface area contributed by atoms with Gasteiger partial charge >= 0.3 is 6.18 Å². The summed E-state index contributed by atoms with van der Waals surface area (Å²) >= 11 is 4.99. The first kappa shape index (κ1) is 16.3. The topological polar surface area (TPSA) is 12.0 Å². The highest BCUT2D eigenvalue weighted by molar-refractivity contribution is 9.10. The summed E-state index contributed by atoms with van der Waals surface area (Å²) in [4.78, 5) is 0. The lowest BCUT2D eigenvalue weighted by atomic mass is 10.1. The minimum absolute atomic E-state index is 0.175. The van der Waals surface area contributed by atoms with Gasteiger partial charge in [0.25, 0.3) is 0 Å². The van der Waals surface area contributed by atoms with Crippen LogP contribution in [0.4, 0.5) is 22.6 Å². The van der Waals surface area contributed by atoms with Gasteiger partial charge in [-0.15, -0.1) is 11.3 Å². The summed E-state index contributed by atoms with van der Waals surface area (Å²) in [5, 5.41) is 4.96. The summed E-state index contributed by atoms with van der Waals surface area (Å²) in [5.41, 5.74) is -0.879. The Kier molecular flexibility index (Phi) is 4.33. The quantitative estimate of drug-likeness (QED) is 0.496. The Morgan fingerprint density at radius 1 is 1.09 bits per heavy atom. The van der Waals surface area contributed by atoms with Crippen molar-refractivity contribution in [3.8, 4) is 0 Å². The van der Waals surface area contributed by atoms with Gasteiger partial charge in [0.2, 0.25) is 0 Å². The maximum absolute atomic E-state index is 13.3.